The van der Waals surface area contributed by atoms with Crippen LogP contribution in [0.2, 0.25) is 5.02 Å². The lowest BCUT2D eigenvalue weighted by Crippen LogP contribution is -1.98. The molecule has 0 aliphatic heterocycles. The zero-order chi connectivity index (χ0) is 12.4. The molecule has 1 heterocycles. The minimum atomic E-state index is 0.769. The van der Waals surface area contributed by atoms with Crippen LogP contribution in [0.25, 0.3) is 10.2 Å². The maximum absolute atomic E-state index is 5.96. The number of hydrogen-bond donors (Lipinski definition) is 1. The summed E-state index contributed by atoms with van der Waals surface area (Å²) in [4.78, 5) is 4.26. The second-order valence-electron chi connectivity index (χ2n) is 4.02. The van der Waals surface area contributed by atoms with Crippen molar-refractivity contribution in [3.8, 4) is 0 Å². The van der Waals surface area contributed by atoms with Crippen LogP contribution in [0.1, 0.15) is 5.56 Å². The van der Waals surface area contributed by atoms with Gasteiger partial charge in [-0.1, -0.05) is 23.7 Å². The first-order valence-electron chi connectivity index (χ1n) is 5.63. The van der Waals surface area contributed by atoms with Gasteiger partial charge in [-0.15, -0.1) is 11.3 Å². The maximum Gasteiger partial charge on any atom is 0.0813 e. The van der Waals surface area contributed by atoms with E-state index in [-0.39, 0.29) is 0 Å². The summed E-state index contributed by atoms with van der Waals surface area (Å²) in [5.74, 6) is 0. The highest BCUT2D eigenvalue weighted by Gasteiger charge is 1.99. The Balaban J connectivity index is 1.76. The van der Waals surface area contributed by atoms with E-state index in [4.69, 9.17) is 11.6 Å². The second-order valence-corrected chi connectivity index (χ2v) is 5.34. The van der Waals surface area contributed by atoms with Gasteiger partial charge in [-0.2, -0.15) is 0 Å². The molecule has 0 aliphatic rings. The molecule has 0 amide bonds. The van der Waals surface area contributed by atoms with E-state index in [1.165, 1.54) is 10.3 Å². The van der Waals surface area contributed by atoms with Gasteiger partial charge in [0.05, 0.1) is 15.7 Å². The van der Waals surface area contributed by atoms with E-state index in [0.29, 0.717) is 0 Å². The summed E-state index contributed by atoms with van der Waals surface area (Å²) in [5, 5.41) is 4.16. The van der Waals surface area contributed by atoms with Crippen LogP contribution in [0.15, 0.2) is 48.0 Å². The molecule has 0 unspecified atom stereocenters. The largest absolute Gasteiger partial charge is 0.381 e. The molecule has 1 aromatic heterocycles. The van der Waals surface area contributed by atoms with Crippen molar-refractivity contribution in [1.82, 2.24) is 4.98 Å². The highest BCUT2D eigenvalue weighted by Crippen LogP contribution is 2.22. The Labute approximate surface area is 114 Å². The molecule has 4 heteroatoms. The highest BCUT2D eigenvalue weighted by molar-refractivity contribution is 7.16. The lowest BCUT2D eigenvalue weighted by atomic mass is 10.2. The number of aromatic nitrogens is 1. The Morgan fingerprint density at radius 2 is 2.11 bits per heavy atom. The third-order valence-electron chi connectivity index (χ3n) is 2.72. The van der Waals surface area contributed by atoms with Crippen LogP contribution >= 0.6 is 22.9 Å². The van der Waals surface area contributed by atoms with Crippen molar-refractivity contribution in [3.05, 3.63) is 58.6 Å². The minimum Gasteiger partial charge on any atom is -0.381 e. The molecule has 1 N–H and O–H groups in total. The van der Waals surface area contributed by atoms with Crippen molar-refractivity contribution in [2.45, 2.75) is 6.54 Å². The number of benzene rings is 2. The lowest BCUT2D eigenvalue weighted by Gasteiger charge is -2.06. The van der Waals surface area contributed by atoms with Gasteiger partial charge in [-0.3, -0.25) is 0 Å². The molecule has 0 atom stereocenters. The summed E-state index contributed by atoms with van der Waals surface area (Å²) in [6.45, 7) is 0.769. The Morgan fingerprint density at radius 1 is 1.17 bits per heavy atom. The van der Waals surface area contributed by atoms with Crippen LogP contribution < -0.4 is 5.32 Å². The average Bonchev–Trinajstić information content (AvgIpc) is 2.84. The molecule has 2 aromatic carbocycles. The van der Waals surface area contributed by atoms with Crippen LogP contribution in [0.5, 0.6) is 0 Å². The summed E-state index contributed by atoms with van der Waals surface area (Å²) in [6, 6.07) is 14.1. The molecule has 0 saturated carbocycles. The highest BCUT2D eigenvalue weighted by atomic mass is 35.5. The maximum atomic E-state index is 5.96. The normalized spacial score (nSPS) is 10.7. The lowest BCUT2D eigenvalue weighted by molar-refractivity contribution is 1.15. The molecule has 0 aliphatic carbocycles. The SMILES string of the molecule is Clc1cccc(CNc2ccc3ncsc3c2)c1. The summed E-state index contributed by atoms with van der Waals surface area (Å²) in [7, 11) is 0. The van der Waals surface area contributed by atoms with Crippen LogP contribution in [-0.2, 0) is 6.54 Å². The van der Waals surface area contributed by atoms with Crippen molar-refractivity contribution < 1.29 is 0 Å². The fourth-order valence-corrected chi connectivity index (χ4v) is 2.75. The Morgan fingerprint density at radius 3 is 3.00 bits per heavy atom. The second kappa shape index (κ2) is 4.96. The molecule has 0 fully saturated rings. The van der Waals surface area contributed by atoms with Crippen molar-refractivity contribution in [3.63, 3.8) is 0 Å². The Hall–Kier alpha value is -1.58. The van der Waals surface area contributed by atoms with Crippen LogP contribution in [-0.4, -0.2) is 4.98 Å². The fraction of sp³-hybridized carbons (Fsp3) is 0.0714. The van der Waals surface area contributed by atoms with Crippen LogP contribution in [0, 0.1) is 0 Å². The van der Waals surface area contributed by atoms with Crippen molar-refractivity contribution in [2.75, 3.05) is 5.32 Å². The van der Waals surface area contributed by atoms with Gasteiger partial charge in [0.1, 0.15) is 0 Å². The molecule has 3 rings (SSSR count). The number of anilines is 1. The van der Waals surface area contributed by atoms with E-state index in [0.717, 1.165) is 22.8 Å². The number of hydrogen-bond acceptors (Lipinski definition) is 3. The summed E-state index contributed by atoms with van der Waals surface area (Å²) >= 11 is 7.61. The Kier molecular flexibility index (Phi) is 3.17. The van der Waals surface area contributed by atoms with Crippen molar-refractivity contribution in [1.29, 1.82) is 0 Å². The molecule has 2 nitrogen and oxygen atoms in total. The molecular formula is C14H11ClN2S. The molecule has 3 aromatic rings. The van der Waals surface area contributed by atoms with E-state index >= 15 is 0 Å². The van der Waals surface area contributed by atoms with Gasteiger partial charge < -0.3 is 5.32 Å². The van der Waals surface area contributed by atoms with Crippen LogP contribution in [0.4, 0.5) is 5.69 Å². The first-order chi connectivity index (χ1) is 8.81. The van der Waals surface area contributed by atoms with E-state index < -0.39 is 0 Å². The number of halogens is 1. The summed E-state index contributed by atoms with van der Waals surface area (Å²) in [6.07, 6.45) is 0. The molecule has 0 radical (unpaired) electrons. The third-order valence-corrected chi connectivity index (χ3v) is 3.74. The number of thiazole rings is 1. The quantitative estimate of drug-likeness (QED) is 0.757. The van der Waals surface area contributed by atoms with Gasteiger partial charge in [0.25, 0.3) is 0 Å². The fourth-order valence-electron chi connectivity index (χ4n) is 1.82. The Bertz CT molecular complexity index is 678. The number of nitrogens with one attached hydrogen (secondary N) is 1. The average molecular weight is 275 g/mol. The molecule has 0 spiro atoms. The van der Waals surface area contributed by atoms with Gasteiger partial charge in [-0.05, 0) is 35.9 Å². The number of fused-ring (bicyclic) bond motifs is 1. The van der Waals surface area contributed by atoms with E-state index in [1.807, 2.05) is 35.8 Å². The van der Waals surface area contributed by atoms with Crippen molar-refractivity contribution in [2.24, 2.45) is 0 Å². The first kappa shape index (κ1) is 11.5. The number of rotatable bonds is 3. The van der Waals surface area contributed by atoms with Gasteiger partial charge in [0.2, 0.25) is 0 Å². The molecule has 0 saturated heterocycles. The molecule has 90 valence electrons. The number of nitrogens with zero attached hydrogens (tertiary/aromatic N) is 1. The van der Waals surface area contributed by atoms with Gasteiger partial charge >= 0.3 is 0 Å². The predicted molar refractivity (Wildman–Crippen MR) is 78.4 cm³/mol. The standard InChI is InChI=1S/C14H11ClN2S/c15-11-3-1-2-10(6-11)8-16-12-4-5-13-14(7-12)18-9-17-13/h1-7,9,16H,8H2. The van der Waals surface area contributed by atoms with Gasteiger partial charge in [0, 0.05) is 17.3 Å². The molecule has 0 bridgehead atoms. The van der Waals surface area contributed by atoms with E-state index in [9.17, 15) is 0 Å². The summed E-state index contributed by atoms with van der Waals surface area (Å²) < 4.78 is 1.20. The first-order valence-corrected chi connectivity index (χ1v) is 6.88. The smallest absolute Gasteiger partial charge is 0.0813 e. The topological polar surface area (TPSA) is 24.9 Å². The minimum absolute atomic E-state index is 0.769. The van der Waals surface area contributed by atoms with Gasteiger partial charge in [-0.25, -0.2) is 4.98 Å². The molecule has 18 heavy (non-hydrogen) atoms. The van der Waals surface area contributed by atoms with Crippen LogP contribution in [0.3, 0.4) is 0 Å². The monoisotopic (exact) mass is 274 g/mol. The molecular weight excluding hydrogens is 264 g/mol. The van der Waals surface area contributed by atoms with Crippen molar-refractivity contribution >= 4 is 38.8 Å². The van der Waals surface area contributed by atoms with Gasteiger partial charge in [0.15, 0.2) is 0 Å². The summed E-state index contributed by atoms with van der Waals surface area (Å²) in [5.41, 5.74) is 5.19. The van der Waals surface area contributed by atoms with E-state index in [1.54, 1.807) is 11.3 Å². The zero-order valence-corrected chi connectivity index (χ0v) is 11.1. The third kappa shape index (κ3) is 2.47. The van der Waals surface area contributed by atoms with E-state index in [2.05, 4.69) is 22.4 Å². The predicted octanol–water partition coefficient (Wildman–Crippen LogP) is 4.56. The zero-order valence-electron chi connectivity index (χ0n) is 9.56.